The van der Waals surface area contributed by atoms with Gasteiger partial charge < -0.3 is 15.3 Å². The number of fused-ring (bicyclic) bond motifs is 2. The number of aryl methyl sites for hydroxylation is 2. The molecule has 0 unspecified atom stereocenters. The monoisotopic (exact) mass is 542 g/mol. The molecule has 1 atom stereocenters. The van der Waals surface area contributed by atoms with Gasteiger partial charge in [0.05, 0.1) is 10.9 Å². The van der Waals surface area contributed by atoms with E-state index in [1.165, 1.54) is 12.4 Å². The van der Waals surface area contributed by atoms with Crippen molar-refractivity contribution in [2.24, 2.45) is 0 Å². The van der Waals surface area contributed by atoms with Crippen molar-refractivity contribution in [1.29, 1.82) is 0 Å². The summed E-state index contributed by atoms with van der Waals surface area (Å²) in [5, 5.41) is 25.0. The summed E-state index contributed by atoms with van der Waals surface area (Å²) in [6.07, 6.45) is 6.23. The Labute approximate surface area is 211 Å². The second-order valence-corrected chi connectivity index (χ2v) is 10.2. The summed E-state index contributed by atoms with van der Waals surface area (Å²) in [5.41, 5.74) is 4.85. The highest BCUT2D eigenvalue weighted by Gasteiger charge is 2.37. The molecule has 1 fully saturated rings. The maximum atomic E-state index is 13.1. The minimum Gasteiger partial charge on any atom is -0.619 e. The number of amides is 1. The number of piperazine rings is 1. The molecule has 176 valence electrons. The van der Waals surface area contributed by atoms with Crippen molar-refractivity contribution in [3.8, 4) is 0 Å². The molecule has 34 heavy (non-hydrogen) atoms. The molecule has 1 aliphatic carbocycles. The fourth-order valence-corrected chi connectivity index (χ4v) is 5.68. The summed E-state index contributed by atoms with van der Waals surface area (Å²) in [6, 6.07) is 11.1. The predicted octanol–water partition coefficient (Wildman–Crippen LogP) is 2.94. The van der Waals surface area contributed by atoms with E-state index in [9.17, 15) is 15.2 Å². The first kappa shape index (κ1) is 23.1. The van der Waals surface area contributed by atoms with E-state index in [4.69, 9.17) is 11.6 Å². The van der Waals surface area contributed by atoms with E-state index in [1.54, 1.807) is 18.3 Å². The van der Waals surface area contributed by atoms with Crippen LogP contribution in [0.1, 0.15) is 34.0 Å². The Balaban J connectivity index is 1.40. The molecule has 1 aliphatic heterocycles. The largest absolute Gasteiger partial charge is 0.619 e. The number of pyridine rings is 2. The fraction of sp³-hybridized carbons (Fsp3) is 0.320. The first-order valence-corrected chi connectivity index (χ1v) is 12.5. The highest BCUT2D eigenvalue weighted by molar-refractivity contribution is 9.10. The van der Waals surface area contributed by atoms with E-state index in [0.717, 1.165) is 50.0 Å². The van der Waals surface area contributed by atoms with Crippen LogP contribution in [0, 0.1) is 10.4 Å². The number of halogens is 2. The second kappa shape index (κ2) is 9.52. The molecule has 0 N–H and O–H groups in total. The van der Waals surface area contributed by atoms with E-state index in [0.29, 0.717) is 35.9 Å². The summed E-state index contributed by atoms with van der Waals surface area (Å²) in [5.74, 6) is 0.0413. The lowest BCUT2D eigenvalue weighted by Crippen LogP contribution is -2.52. The maximum absolute atomic E-state index is 13.1. The first-order valence-electron chi connectivity index (χ1n) is 11.3. The van der Waals surface area contributed by atoms with E-state index >= 15 is 0 Å². The third-order valence-corrected chi connectivity index (χ3v) is 7.37. The Morgan fingerprint density at radius 2 is 1.74 bits per heavy atom. The van der Waals surface area contributed by atoms with Gasteiger partial charge in [0.1, 0.15) is 6.04 Å². The predicted molar refractivity (Wildman–Crippen MR) is 131 cm³/mol. The molecule has 1 aromatic carbocycles. The Hall–Kier alpha value is -2.68. The van der Waals surface area contributed by atoms with E-state index in [-0.39, 0.29) is 18.4 Å². The van der Waals surface area contributed by atoms with Crippen molar-refractivity contribution >= 4 is 33.4 Å². The molecular weight excluding hydrogens is 520 g/mol. The quantitative estimate of drug-likeness (QED) is 0.376. The molecular formula is C25H24BrClN4O3. The lowest BCUT2D eigenvalue weighted by molar-refractivity contribution is -0.617. The molecule has 2 aliphatic rings. The number of hydrogen-bond acceptors (Lipinski definition) is 4. The molecule has 3 heterocycles. The van der Waals surface area contributed by atoms with Gasteiger partial charge in [-0.3, -0.25) is 9.69 Å². The first-order chi connectivity index (χ1) is 16.4. The molecule has 0 spiro atoms. The molecule has 5 rings (SSSR count). The molecule has 2 aromatic heterocycles. The normalized spacial score (nSPS) is 18.2. The standard InChI is InChI=1S/C25H24BrClN4O3/c26-20-14-19-2-1-18-15-21(27)3-4-22(18)25(24(19)31(34)16-20)29-11-9-28(10-12-29)23(32)13-17-5-7-30(33)8-6-17/h3-8,14-16,25H,1-2,9-13H2/t25-/m0/s1. The minimum atomic E-state index is -0.200. The van der Waals surface area contributed by atoms with Crippen molar-refractivity contribution < 1.29 is 14.3 Å². The van der Waals surface area contributed by atoms with Crippen LogP contribution in [0.5, 0.6) is 0 Å². The SMILES string of the molecule is O=C(Cc1cc[n+]([O-])cc1)N1CCN([C@H]2c3ccc(Cl)cc3CCc3cc(Br)c[n+]([O-])c32)CC1. The van der Waals surface area contributed by atoms with Crippen molar-refractivity contribution in [3.63, 3.8) is 0 Å². The number of carbonyl (C=O) groups is 1. The molecule has 1 amide bonds. The van der Waals surface area contributed by atoms with Gasteiger partial charge in [-0.25, -0.2) is 0 Å². The minimum absolute atomic E-state index is 0.0413. The Morgan fingerprint density at radius 3 is 2.47 bits per heavy atom. The van der Waals surface area contributed by atoms with Gasteiger partial charge in [0.2, 0.25) is 11.6 Å². The van der Waals surface area contributed by atoms with Crippen LogP contribution in [0.25, 0.3) is 0 Å². The zero-order valence-electron chi connectivity index (χ0n) is 18.5. The van der Waals surface area contributed by atoms with Crippen LogP contribution in [0.2, 0.25) is 5.02 Å². The number of carbonyl (C=O) groups excluding carboxylic acids is 1. The van der Waals surface area contributed by atoms with Crippen molar-refractivity contribution in [3.05, 3.63) is 103 Å². The smallest absolute Gasteiger partial charge is 0.227 e. The van der Waals surface area contributed by atoms with E-state index in [2.05, 4.69) is 20.8 Å². The van der Waals surface area contributed by atoms with E-state index < -0.39 is 0 Å². The average Bonchev–Trinajstić information content (AvgIpc) is 2.97. The van der Waals surface area contributed by atoms with Crippen LogP contribution < -0.4 is 9.46 Å². The van der Waals surface area contributed by atoms with Gasteiger partial charge in [-0.2, -0.15) is 9.46 Å². The van der Waals surface area contributed by atoms with Crippen LogP contribution in [-0.4, -0.2) is 41.9 Å². The number of nitrogens with zero attached hydrogens (tertiary/aromatic N) is 4. The Morgan fingerprint density at radius 1 is 1.03 bits per heavy atom. The van der Waals surface area contributed by atoms with Gasteiger partial charge in [0, 0.05) is 48.9 Å². The summed E-state index contributed by atoms with van der Waals surface area (Å²) >= 11 is 9.78. The lowest BCUT2D eigenvalue weighted by Gasteiger charge is -2.39. The third-order valence-electron chi connectivity index (χ3n) is 6.70. The number of rotatable bonds is 3. The third kappa shape index (κ3) is 4.62. The molecule has 0 radical (unpaired) electrons. The van der Waals surface area contributed by atoms with Crippen LogP contribution in [0.4, 0.5) is 0 Å². The summed E-state index contributed by atoms with van der Waals surface area (Å²) in [7, 11) is 0. The van der Waals surface area contributed by atoms with Crippen molar-refractivity contribution in [2.45, 2.75) is 25.3 Å². The fourth-order valence-electron chi connectivity index (χ4n) is 5.02. The summed E-state index contributed by atoms with van der Waals surface area (Å²) in [6.45, 7) is 2.47. The summed E-state index contributed by atoms with van der Waals surface area (Å²) in [4.78, 5) is 17.0. The number of benzene rings is 1. The zero-order chi connectivity index (χ0) is 23.8. The van der Waals surface area contributed by atoms with Crippen molar-refractivity contribution in [1.82, 2.24) is 9.80 Å². The van der Waals surface area contributed by atoms with Crippen molar-refractivity contribution in [2.75, 3.05) is 26.2 Å². The number of aromatic nitrogens is 2. The highest BCUT2D eigenvalue weighted by Crippen LogP contribution is 2.37. The topological polar surface area (TPSA) is 77.4 Å². The van der Waals surface area contributed by atoms with Gasteiger partial charge >= 0.3 is 0 Å². The van der Waals surface area contributed by atoms with Crippen LogP contribution >= 0.6 is 27.5 Å². The second-order valence-electron chi connectivity index (χ2n) is 8.80. The van der Waals surface area contributed by atoms with Crippen LogP contribution in [-0.2, 0) is 24.1 Å². The number of hydrogen-bond donors (Lipinski definition) is 0. The van der Waals surface area contributed by atoms with Gasteiger partial charge in [-0.05, 0) is 63.7 Å². The van der Waals surface area contributed by atoms with Crippen LogP contribution in [0.15, 0.2) is 59.5 Å². The molecule has 1 saturated heterocycles. The molecule has 0 saturated carbocycles. The molecule has 3 aromatic rings. The maximum Gasteiger partial charge on any atom is 0.227 e. The summed E-state index contributed by atoms with van der Waals surface area (Å²) < 4.78 is 2.47. The lowest BCUT2D eigenvalue weighted by atomic mass is 9.96. The van der Waals surface area contributed by atoms with Gasteiger partial charge in [0.15, 0.2) is 18.6 Å². The molecule has 9 heteroatoms. The van der Waals surface area contributed by atoms with Crippen LogP contribution in [0.3, 0.4) is 0 Å². The van der Waals surface area contributed by atoms with Gasteiger partial charge in [-0.1, -0.05) is 17.7 Å². The highest BCUT2D eigenvalue weighted by atomic mass is 79.9. The molecule has 0 bridgehead atoms. The molecule has 7 nitrogen and oxygen atoms in total. The Bertz CT molecular complexity index is 1230. The van der Waals surface area contributed by atoms with Gasteiger partial charge in [0.25, 0.3) is 0 Å². The zero-order valence-corrected chi connectivity index (χ0v) is 20.8. The average molecular weight is 544 g/mol. The van der Waals surface area contributed by atoms with E-state index in [1.807, 2.05) is 29.2 Å². The van der Waals surface area contributed by atoms with Gasteiger partial charge in [-0.15, -0.1) is 0 Å². The Kier molecular flexibility index (Phi) is 6.46.